The van der Waals surface area contributed by atoms with Gasteiger partial charge in [0.05, 0.1) is 12.6 Å². The van der Waals surface area contributed by atoms with Crippen LogP contribution < -0.4 is 22.4 Å². The second-order valence-electron chi connectivity index (χ2n) is 11.0. The van der Waals surface area contributed by atoms with Gasteiger partial charge in [-0.3, -0.25) is 14.6 Å². The number of nitrogens with one attached hydrogen (secondary N) is 2. The van der Waals surface area contributed by atoms with Crippen LogP contribution in [0, 0.1) is 0 Å². The van der Waals surface area contributed by atoms with Crippen LogP contribution in [0.3, 0.4) is 0 Å². The van der Waals surface area contributed by atoms with Gasteiger partial charge in [0.1, 0.15) is 17.2 Å². The second-order valence-corrected chi connectivity index (χ2v) is 15.9. The van der Waals surface area contributed by atoms with Gasteiger partial charge in [0.25, 0.3) is 11.8 Å². The molecule has 0 aromatic heterocycles. The summed E-state index contributed by atoms with van der Waals surface area (Å²) in [5.74, 6) is 6.11. The van der Waals surface area contributed by atoms with Gasteiger partial charge in [0, 0.05) is 16.1 Å². The van der Waals surface area contributed by atoms with Crippen molar-refractivity contribution in [2.75, 3.05) is 24.8 Å². The van der Waals surface area contributed by atoms with E-state index in [0.717, 1.165) is 36.8 Å². The van der Waals surface area contributed by atoms with Crippen molar-refractivity contribution in [3.8, 4) is 0 Å². The summed E-state index contributed by atoms with van der Waals surface area (Å²) in [7, 11) is -0.701. The van der Waals surface area contributed by atoms with Crippen molar-refractivity contribution in [1.82, 2.24) is 15.8 Å². The maximum absolute atomic E-state index is 14.1. The van der Waals surface area contributed by atoms with E-state index in [4.69, 9.17) is 28.2 Å². The van der Waals surface area contributed by atoms with Crippen LogP contribution in [0.1, 0.15) is 67.1 Å². The van der Waals surface area contributed by atoms with Gasteiger partial charge in [-0.2, -0.15) is 5.10 Å². The van der Waals surface area contributed by atoms with Gasteiger partial charge in [0.2, 0.25) is 0 Å². The first-order valence-electron chi connectivity index (χ1n) is 13.6. The Morgan fingerprint density at radius 3 is 2.50 bits per heavy atom. The zero-order chi connectivity index (χ0) is 29.1. The van der Waals surface area contributed by atoms with Crippen molar-refractivity contribution in [3.63, 3.8) is 0 Å². The monoisotopic (exact) mass is 585 g/mol. The summed E-state index contributed by atoms with van der Waals surface area (Å²) in [4.78, 5) is 33.8. The minimum atomic E-state index is -0.701. The third-order valence-corrected chi connectivity index (χ3v) is 12.3. The predicted molar refractivity (Wildman–Crippen MR) is 166 cm³/mol. The molecule has 40 heavy (non-hydrogen) atoms. The molecule has 1 aliphatic heterocycles. The molecule has 0 saturated heterocycles. The SMILES string of the molecule is CCS(C)(C)C1CCC2(CC1)N=C(c1cccc(Cl)c1)C(=O)N2C(C)c1ccc(C(=O)NC/C(N)=N/NN)cc1. The second kappa shape index (κ2) is 12.2. The molecule has 1 atom stereocenters. The summed E-state index contributed by atoms with van der Waals surface area (Å²) in [6.07, 6.45) is 8.59. The fraction of sp³-hybridized carbons (Fsp3) is 0.448. The first kappa shape index (κ1) is 29.9. The van der Waals surface area contributed by atoms with Gasteiger partial charge in [-0.1, -0.05) is 42.8 Å². The molecule has 2 aliphatic rings. The Hall–Kier alpha value is -3.08. The number of hydrazine groups is 1. The molecule has 1 fully saturated rings. The zero-order valence-corrected chi connectivity index (χ0v) is 25.2. The Labute approximate surface area is 243 Å². The number of hydrogen-bond acceptors (Lipinski definition) is 6. The molecule has 11 heteroatoms. The molecular weight excluding hydrogens is 546 g/mol. The van der Waals surface area contributed by atoms with E-state index in [1.807, 2.05) is 42.2 Å². The van der Waals surface area contributed by atoms with Gasteiger partial charge >= 0.3 is 0 Å². The number of nitrogens with two attached hydrogens (primary N) is 2. The molecule has 2 aromatic carbocycles. The maximum atomic E-state index is 14.1. The van der Waals surface area contributed by atoms with E-state index in [2.05, 4.69) is 35.4 Å². The first-order chi connectivity index (χ1) is 19.0. The van der Waals surface area contributed by atoms with Gasteiger partial charge in [0.15, 0.2) is 0 Å². The Kier molecular flexibility index (Phi) is 9.12. The van der Waals surface area contributed by atoms with Crippen LogP contribution in [0.15, 0.2) is 58.6 Å². The fourth-order valence-corrected chi connectivity index (χ4v) is 7.88. The van der Waals surface area contributed by atoms with E-state index in [-0.39, 0.29) is 30.2 Å². The predicted octanol–water partition coefficient (Wildman–Crippen LogP) is 3.92. The minimum absolute atomic E-state index is 0.0626. The van der Waals surface area contributed by atoms with E-state index >= 15 is 0 Å². The number of hydrazone groups is 1. The van der Waals surface area contributed by atoms with Crippen LogP contribution >= 0.6 is 21.6 Å². The molecular formula is C29H40ClN7O2S. The van der Waals surface area contributed by atoms with Crippen molar-refractivity contribution in [2.45, 2.75) is 56.5 Å². The lowest BCUT2D eigenvalue weighted by Crippen LogP contribution is -2.51. The average molecular weight is 586 g/mol. The fourth-order valence-electron chi connectivity index (χ4n) is 5.71. The number of rotatable bonds is 9. The first-order valence-corrected chi connectivity index (χ1v) is 16.6. The van der Waals surface area contributed by atoms with Crippen LogP contribution in [-0.2, 0) is 4.79 Å². The van der Waals surface area contributed by atoms with Crippen LogP contribution in [0.25, 0.3) is 0 Å². The lowest BCUT2D eigenvalue weighted by Gasteiger charge is -2.49. The number of amides is 2. The molecule has 0 bridgehead atoms. The number of halogens is 1. The number of hydrogen-bond donors (Lipinski definition) is 4. The number of amidine groups is 1. The summed E-state index contributed by atoms with van der Waals surface area (Å²) in [6, 6.07) is 14.4. The van der Waals surface area contributed by atoms with E-state index in [0.29, 0.717) is 21.5 Å². The minimum Gasteiger partial charge on any atom is -0.384 e. The molecule has 4 rings (SSSR count). The van der Waals surface area contributed by atoms with Gasteiger partial charge in [-0.25, -0.2) is 21.4 Å². The third-order valence-electron chi connectivity index (χ3n) is 8.35. The van der Waals surface area contributed by atoms with Crippen molar-refractivity contribution >= 4 is 45.0 Å². The number of carbonyl (C=O) groups excluding carboxylic acids is 2. The Balaban J connectivity index is 1.60. The van der Waals surface area contributed by atoms with Crippen LogP contribution in [0.5, 0.6) is 0 Å². The number of nitrogens with zero attached hydrogens (tertiary/aromatic N) is 3. The van der Waals surface area contributed by atoms with Crippen LogP contribution in [0.2, 0.25) is 5.02 Å². The molecule has 1 aliphatic carbocycles. The smallest absolute Gasteiger partial charge is 0.275 e. The molecule has 6 N–H and O–H groups in total. The number of benzene rings is 2. The van der Waals surface area contributed by atoms with Crippen molar-refractivity contribution in [1.29, 1.82) is 0 Å². The molecule has 9 nitrogen and oxygen atoms in total. The van der Waals surface area contributed by atoms with Gasteiger partial charge < -0.3 is 16.0 Å². The highest BCUT2D eigenvalue weighted by Crippen LogP contribution is 2.54. The molecule has 216 valence electrons. The molecule has 1 heterocycles. The average Bonchev–Trinajstić information content (AvgIpc) is 3.22. The lowest BCUT2D eigenvalue weighted by atomic mass is 9.86. The Morgan fingerprint density at radius 1 is 1.23 bits per heavy atom. The highest BCUT2D eigenvalue weighted by atomic mass is 35.5. The lowest BCUT2D eigenvalue weighted by molar-refractivity contribution is -0.132. The van der Waals surface area contributed by atoms with Crippen LogP contribution in [0.4, 0.5) is 0 Å². The standard InChI is InChI=1S/C29H40ClN7O2S/c1-5-40(3,4)24-13-15-29(16-14-24)34-26(22-7-6-8-23(30)17-22)28(39)37(29)19(2)20-9-11-21(12-10-20)27(38)33-18-25(31)35-36-32/h6-12,17,19,24,36H,5,13-16,18,32H2,1-4H3,(H2,31,35)(H,33,38). The van der Waals surface area contributed by atoms with E-state index in [1.165, 1.54) is 5.75 Å². The molecule has 1 saturated carbocycles. The molecule has 0 radical (unpaired) electrons. The van der Waals surface area contributed by atoms with Gasteiger partial charge in [-0.15, -0.1) is 0 Å². The summed E-state index contributed by atoms with van der Waals surface area (Å²) >= 11 is 6.29. The largest absolute Gasteiger partial charge is 0.384 e. The van der Waals surface area contributed by atoms with Crippen LogP contribution in [-0.4, -0.2) is 64.0 Å². The molecule has 2 aromatic rings. The molecule has 1 unspecified atom stereocenters. The zero-order valence-electron chi connectivity index (χ0n) is 23.6. The third kappa shape index (κ3) is 6.14. The summed E-state index contributed by atoms with van der Waals surface area (Å²) < 4.78 is 0. The number of aliphatic imine (C=N–C) groups is 1. The van der Waals surface area contributed by atoms with Crippen molar-refractivity contribution in [3.05, 3.63) is 70.2 Å². The highest BCUT2D eigenvalue weighted by Gasteiger charge is 2.51. The summed E-state index contributed by atoms with van der Waals surface area (Å²) in [6.45, 7) is 4.38. The number of carbonyl (C=O) groups is 2. The van der Waals surface area contributed by atoms with Crippen molar-refractivity contribution in [2.24, 2.45) is 21.7 Å². The maximum Gasteiger partial charge on any atom is 0.275 e. The van der Waals surface area contributed by atoms with Gasteiger partial charge in [-0.05, 0) is 86.0 Å². The normalized spacial score (nSPS) is 22.7. The quantitative estimate of drug-likeness (QED) is 0.153. The molecule has 2 amide bonds. The van der Waals surface area contributed by atoms with Crippen molar-refractivity contribution < 1.29 is 9.59 Å². The summed E-state index contributed by atoms with van der Waals surface area (Å²) in [5, 5.41) is 7.58. The Bertz CT molecular complexity index is 1300. The summed E-state index contributed by atoms with van der Waals surface area (Å²) in [5.41, 5.74) is 9.79. The highest BCUT2D eigenvalue weighted by molar-refractivity contribution is 8.33. The Morgan fingerprint density at radius 2 is 1.90 bits per heavy atom. The van der Waals surface area contributed by atoms with E-state index in [9.17, 15) is 9.59 Å². The van der Waals surface area contributed by atoms with E-state index in [1.54, 1.807) is 18.2 Å². The van der Waals surface area contributed by atoms with E-state index < -0.39 is 15.7 Å². The topological polar surface area (TPSA) is 138 Å². The molecule has 1 spiro atoms.